The lowest BCUT2D eigenvalue weighted by Crippen LogP contribution is -2.42. The van der Waals surface area contributed by atoms with Crippen molar-refractivity contribution in [1.29, 1.82) is 0 Å². The normalized spacial score (nSPS) is 13.6. The van der Waals surface area contributed by atoms with Crippen molar-refractivity contribution >= 4 is 28.2 Å². The second-order valence-corrected chi connectivity index (χ2v) is 4.91. The van der Waals surface area contributed by atoms with E-state index in [-0.39, 0.29) is 17.8 Å². The molecule has 110 valence electrons. The first-order valence-corrected chi connectivity index (χ1v) is 6.42. The Morgan fingerprint density at radius 3 is 2.71 bits per heavy atom. The van der Waals surface area contributed by atoms with E-state index in [9.17, 15) is 20.0 Å². The first-order chi connectivity index (χ1) is 9.89. The van der Waals surface area contributed by atoms with Crippen LogP contribution in [0.2, 0.25) is 0 Å². The smallest absolute Gasteiger partial charge is 0.329 e. The number of carboxylic acid groups (broad SMARTS) is 1. The van der Waals surface area contributed by atoms with Crippen LogP contribution < -0.4 is 5.32 Å². The van der Waals surface area contributed by atoms with Gasteiger partial charge in [0.05, 0.1) is 10.4 Å². The van der Waals surface area contributed by atoms with Crippen molar-refractivity contribution < 1.29 is 14.8 Å². The van der Waals surface area contributed by atoms with Crippen LogP contribution in [0, 0.1) is 10.1 Å². The lowest BCUT2D eigenvalue weighted by Gasteiger charge is -2.26. The molecule has 21 heavy (non-hydrogen) atoms. The summed E-state index contributed by atoms with van der Waals surface area (Å²) in [4.78, 5) is 26.1. The number of nitrogens with zero attached hydrogens (tertiary/aromatic N) is 2. The summed E-state index contributed by atoms with van der Waals surface area (Å²) in [5, 5.41) is 23.9. The molecule has 7 nitrogen and oxygen atoms in total. The first kappa shape index (κ1) is 14.7. The van der Waals surface area contributed by atoms with Gasteiger partial charge >= 0.3 is 11.7 Å². The molecule has 2 N–H and O–H groups in total. The summed E-state index contributed by atoms with van der Waals surface area (Å²) in [5.74, 6) is -1.07. The highest BCUT2D eigenvalue weighted by atomic mass is 16.6. The number of benzene rings is 1. The lowest BCUT2D eigenvalue weighted by molar-refractivity contribution is -0.384. The third-order valence-electron chi connectivity index (χ3n) is 3.53. The minimum absolute atomic E-state index is 0.178. The molecule has 0 radical (unpaired) electrons. The number of para-hydroxylation sites is 1. The van der Waals surface area contributed by atoms with E-state index in [1.54, 1.807) is 31.2 Å². The van der Waals surface area contributed by atoms with Crippen molar-refractivity contribution in [2.75, 3.05) is 5.32 Å². The number of hydrogen-bond donors (Lipinski definition) is 2. The van der Waals surface area contributed by atoms with Crippen LogP contribution in [-0.2, 0) is 4.79 Å². The van der Waals surface area contributed by atoms with Crippen LogP contribution in [0.15, 0.2) is 30.5 Å². The largest absolute Gasteiger partial charge is 0.480 e. The van der Waals surface area contributed by atoms with Crippen molar-refractivity contribution in [3.63, 3.8) is 0 Å². The second-order valence-electron chi connectivity index (χ2n) is 4.91. The van der Waals surface area contributed by atoms with Crippen LogP contribution in [-0.4, -0.2) is 26.5 Å². The minimum Gasteiger partial charge on any atom is -0.480 e. The monoisotopic (exact) mass is 289 g/mol. The predicted octanol–water partition coefficient (Wildman–Crippen LogP) is 2.81. The van der Waals surface area contributed by atoms with E-state index in [1.165, 1.54) is 6.92 Å². The van der Waals surface area contributed by atoms with Crippen LogP contribution in [0.5, 0.6) is 0 Å². The molecule has 0 spiro atoms. The highest BCUT2D eigenvalue weighted by Crippen LogP contribution is 2.34. The number of aliphatic carboxylic acids is 1. The summed E-state index contributed by atoms with van der Waals surface area (Å²) in [6, 6.07) is 6.88. The van der Waals surface area contributed by atoms with Gasteiger partial charge in [0.2, 0.25) is 0 Å². The summed E-state index contributed by atoms with van der Waals surface area (Å²) < 4.78 is 0. The summed E-state index contributed by atoms with van der Waals surface area (Å²) >= 11 is 0. The van der Waals surface area contributed by atoms with Gasteiger partial charge in [0, 0.05) is 5.39 Å². The van der Waals surface area contributed by atoms with Gasteiger partial charge in [-0.05, 0) is 19.4 Å². The van der Waals surface area contributed by atoms with E-state index in [4.69, 9.17) is 0 Å². The minimum atomic E-state index is -1.30. The molecule has 0 saturated carbocycles. The molecule has 0 aliphatic carbocycles. The molecule has 0 saturated heterocycles. The van der Waals surface area contributed by atoms with Crippen LogP contribution in [0.3, 0.4) is 0 Å². The van der Waals surface area contributed by atoms with Crippen molar-refractivity contribution in [3.8, 4) is 0 Å². The fourth-order valence-electron chi connectivity index (χ4n) is 1.97. The Hall–Kier alpha value is -2.70. The molecular weight excluding hydrogens is 274 g/mol. The van der Waals surface area contributed by atoms with E-state index in [2.05, 4.69) is 10.3 Å². The zero-order chi connectivity index (χ0) is 15.6. The number of nitrogens with one attached hydrogen (secondary N) is 1. The Labute approximate surface area is 120 Å². The first-order valence-electron chi connectivity index (χ1n) is 6.42. The summed E-state index contributed by atoms with van der Waals surface area (Å²) in [5.41, 5.74) is -0.795. The maximum absolute atomic E-state index is 11.4. The van der Waals surface area contributed by atoms with Gasteiger partial charge in [0.1, 0.15) is 17.4 Å². The van der Waals surface area contributed by atoms with E-state index in [0.717, 1.165) is 6.20 Å². The maximum Gasteiger partial charge on any atom is 0.329 e. The molecule has 0 bridgehead atoms. The Morgan fingerprint density at radius 2 is 2.14 bits per heavy atom. The summed E-state index contributed by atoms with van der Waals surface area (Å²) in [6.07, 6.45) is 1.42. The third kappa shape index (κ3) is 2.62. The summed E-state index contributed by atoms with van der Waals surface area (Å²) in [6.45, 7) is 3.20. The van der Waals surface area contributed by atoms with E-state index >= 15 is 0 Å². The number of aromatic nitrogens is 1. The number of anilines is 1. The van der Waals surface area contributed by atoms with Crippen molar-refractivity contribution in [1.82, 2.24) is 4.98 Å². The molecule has 1 atom stereocenters. The van der Waals surface area contributed by atoms with Gasteiger partial charge < -0.3 is 10.4 Å². The third-order valence-corrected chi connectivity index (χ3v) is 3.53. The number of fused-ring (bicyclic) bond motifs is 1. The maximum atomic E-state index is 11.4. The zero-order valence-corrected chi connectivity index (χ0v) is 11.7. The lowest BCUT2D eigenvalue weighted by atomic mass is 9.98. The molecule has 2 aromatic rings. The molecule has 0 aliphatic heterocycles. The van der Waals surface area contributed by atoms with Crippen LogP contribution >= 0.6 is 0 Å². The Morgan fingerprint density at radius 1 is 1.48 bits per heavy atom. The Bertz CT molecular complexity index is 716. The van der Waals surface area contributed by atoms with Crippen LogP contribution in [0.25, 0.3) is 10.9 Å². The van der Waals surface area contributed by atoms with Gasteiger partial charge in [-0.15, -0.1) is 0 Å². The number of pyridine rings is 1. The fourth-order valence-corrected chi connectivity index (χ4v) is 1.97. The fraction of sp³-hybridized carbons (Fsp3) is 0.286. The van der Waals surface area contributed by atoms with Gasteiger partial charge in [0.15, 0.2) is 0 Å². The molecule has 0 fully saturated rings. The average molecular weight is 289 g/mol. The molecule has 1 aromatic carbocycles. The van der Waals surface area contributed by atoms with Crippen molar-refractivity contribution in [2.24, 2.45) is 0 Å². The van der Waals surface area contributed by atoms with Gasteiger partial charge in [-0.25, -0.2) is 9.78 Å². The molecule has 1 unspecified atom stereocenters. The molecule has 1 aromatic heterocycles. The van der Waals surface area contributed by atoms with E-state index < -0.39 is 16.4 Å². The molecule has 0 aliphatic rings. The SMILES string of the molecule is CCC(C)(Nc1c([N+](=O)[O-])cnc2ccccc12)C(=O)O. The average Bonchev–Trinajstić information content (AvgIpc) is 2.46. The molecule has 1 heterocycles. The number of nitro groups is 1. The van der Waals surface area contributed by atoms with Crippen molar-refractivity contribution in [3.05, 3.63) is 40.6 Å². The predicted molar refractivity (Wildman–Crippen MR) is 78.4 cm³/mol. The standard InChI is InChI=1S/C14H15N3O4/c1-3-14(2,13(18)19)16-12-9-6-4-5-7-10(9)15-8-11(12)17(20)21/h4-8H,3H2,1-2H3,(H,15,16)(H,18,19). The topological polar surface area (TPSA) is 105 Å². The second kappa shape index (κ2) is 5.35. The highest BCUT2D eigenvalue weighted by Gasteiger charge is 2.34. The van der Waals surface area contributed by atoms with E-state index in [1.807, 2.05) is 0 Å². The molecular formula is C14H15N3O4. The Kier molecular flexibility index (Phi) is 3.75. The molecule has 2 rings (SSSR count). The number of hydrogen-bond acceptors (Lipinski definition) is 5. The number of rotatable bonds is 5. The number of carbonyl (C=O) groups is 1. The quantitative estimate of drug-likeness (QED) is 0.647. The zero-order valence-electron chi connectivity index (χ0n) is 11.7. The van der Waals surface area contributed by atoms with Gasteiger partial charge in [-0.2, -0.15) is 0 Å². The van der Waals surface area contributed by atoms with Crippen molar-refractivity contribution in [2.45, 2.75) is 25.8 Å². The van der Waals surface area contributed by atoms with Crippen LogP contribution in [0.1, 0.15) is 20.3 Å². The summed E-state index contributed by atoms with van der Waals surface area (Å²) in [7, 11) is 0. The molecule has 0 amide bonds. The molecule has 7 heteroatoms. The van der Waals surface area contributed by atoms with Gasteiger partial charge in [-0.3, -0.25) is 10.1 Å². The van der Waals surface area contributed by atoms with E-state index in [0.29, 0.717) is 10.9 Å². The van der Waals surface area contributed by atoms with Gasteiger partial charge in [-0.1, -0.05) is 25.1 Å². The van der Waals surface area contributed by atoms with Crippen LogP contribution in [0.4, 0.5) is 11.4 Å². The Balaban J connectivity index is 2.67. The van der Waals surface area contributed by atoms with Gasteiger partial charge in [0.25, 0.3) is 0 Å². The number of carboxylic acids is 1. The highest BCUT2D eigenvalue weighted by molar-refractivity contribution is 5.98.